The first kappa shape index (κ1) is 21.4. The third-order valence-electron chi connectivity index (χ3n) is 5.54. The number of carbonyl (C=O) groups is 1. The third kappa shape index (κ3) is 4.91. The Morgan fingerprint density at radius 2 is 1.66 bits per heavy atom. The summed E-state index contributed by atoms with van der Waals surface area (Å²) in [5, 5.41) is 2.31. The number of fused-ring (bicyclic) bond motifs is 1. The number of nitrogens with two attached hydrogens (primary N) is 1. The summed E-state index contributed by atoms with van der Waals surface area (Å²) in [5.74, 6) is -0.457. The minimum Gasteiger partial charge on any atom is -0.369 e. The zero-order chi connectivity index (χ0) is 22.5. The number of carbonyl (C=O) groups excluding carboxylic acids is 1. The Kier molecular flexibility index (Phi) is 6.40. The number of hydrogen-bond donors (Lipinski definition) is 1. The molecule has 0 saturated heterocycles. The van der Waals surface area contributed by atoms with E-state index in [-0.39, 0.29) is 18.1 Å². The number of aromatic nitrogens is 2. The van der Waals surface area contributed by atoms with Crippen molar-refractivity contribution < 1.29 is 9.18 Å². The Labute approximate surface area is 186 Å². The van der Waals surface area contributed by atoms with Crippen molar-refractivity contribution in [2.24, 2.45) is 5.73 Å². The number of hydrogen-bond acceptors (Lipinski definition) is 4. The van der Waals surface area contributed by atoms with Gasteiger partial charge in [0.15, 0.2) is 11.6 Å². The summed E-state index contributed by atoms with van der Waals surface area (Å²) < 4.78 is 15.2. The van der Waals surface area contributed by atoms with Crippen LogP contribution in [0.4, 0.5) is 10.2 Å². The number of anilines is 1. The molecule has 0 aliphatic rings. The smallest absolute Gasteiger partial charge is 0.221 e. The first-order chi connectivity index (χ1) is 15.5. The van der Waals surface area contributed by atoms with Crippen LogP contribution in [-0.4, -0.2) is 22.9 Å². The number of rotatable bonds is 8. The predicted molar refractivity (Wildman–Crippen MR) is 125 cm³/mol. The molecule has 1 aromatic heterocycles. The molecule has 0 atom stereocenters. The van der Waals surface area contributed by atoms with Crippen molar-refractivity contribution in [1.82, 2.24) is 9.97 Å². The van der Waals surface area contributed by atoms with Gasteiger partial charge in [-0.2, -0.15) is 0 Å². The number of halogens is 1. The van der Waals surface area contributed by atoms with Crippen molar-refractivity contribution in [1.29, 1.82) is 0 Å². The predicted octanol–water partition coefficient (Wildman–Crippen LogP) is 4.22. The molecule has 1 amide bonds. The highest BCUT2D eigenvalue weighted by Gasteiger charge is 2.16. The fourth-order valence-corrected chi connectivity index (χ4v) is 3.88. The van der Waals surface area contributed by atoms with Gasteiger partial charge in [-0.1, -0.05) is 66.7 Å². The Morgan fingerprint density at radius 3 is 2.44 bits per heavy atom. The first-order valence-corrected chi connectivity index (χ1v) is 10.5. The lowest BCUT2D eigenvalue weighted by molar-refractivity contribution is -0.117. The summed E-state index contributed by atoms with van der Waals surface area (Å²) in [6.07, 6.45) is 2.73. The topological polar surface area (TPSA) is 72.1 Å². The molecule has 4 rings (SSSR count). The number of amides is 1. The summed E-state index contributed by atoms with van der Waals surface area (Å²) in [5.41, 5.74) is 8.64. The van der Waals surface area contributed by atoms with E-state index in [1.54, 1.807) is 0 Å². The summed E-state index contributed by atoms with van der Waals surface area (Å²) >= 11 is 0. The molecule has 32 heavy (non-hydrogen) atoms. The van der Waals surface area contributed by atoms with Crippen molar-refractivity contribution in [2.75, 3.05) is 11.9 Å². The van der Waals surface area contributed by atoms with Crippen LogP contribution in [0.2, 0.25) is 0 Å². The van der Waals surface area contributed by atoms with Crippen LogP contribution in [0.3, 0.4) is 0 Å². The molecule has 0 bridgehead atoms. The average Bonchev–Trinajstić information content (AvgIpc) is 2.79. The van der Waals surface area contributed by atoms with Gasteiger partial charge >= 0.3 is 0 Å². The molecule has 4 aromatic rings. The number of primary amides is 1. The van der Waals surface area contributed by atoms with Crippen LogP contribution in [0.25, 0.3) is 10.8 Å². The molecular weight excluding hydrogens is 403 g/mol. The van der Waals surface area contributed by atoms with E-state index >= 15 is 4.39 Å². The van der Waals surface area contributed by atoms with E-state index in [2.05, 4.69) is 34.2 Å². The van der Waals surface area contributed by atoms with E-state index in [0.717, 1.165) is 27.5 Å². The van der Waals surface area contributed by atoms with Crippen LogP contribution in [0.15, 0.2) is 73.1 Å². The minimum absolute atomic E-state index is 0.215. The SMILES string of the molecule is CN(Cc1cccc2ccccc12)c1ncnc(CCc2ccc(CC(N)=O)cc2)c1F. The van der Waals surface area contributed by atoms with Crippen LogP contribution < -0.4 is 10.6 Å². The molecule has 0 aliphatic carbocycles. The molecule has 2 N–H and O–H groups in total. The van der Waals surface area contributed by atoms with Gasteiger partial charge in [0.25, 0.3) is 0 Å². The van der Waals surface area contributed by atoms with Gasteiger partial charge in [-0.05, 0) is 40.3 Å². The Bertz CT molecular complexity index is 1240. The molecule has 3 aromatic carbocycles. The third-order valence-corrected chi connectivity index (χ3v) is 5.54. The Morgan fingerprint density at radius 1 is 0.938 bits per heavy atom. The largest absolute Gasteiger partial charge is 0.369 e. The van der Waals surface area contributed by atoms with E-state index in [4.69, 9.17) is 5.73 Å². The second-order valence-corrected chi connectivity index (χ2v) is 7.91. The highest BCUT2D eigenvalue weighted by molar-refractivity contribution is 5.85. The summed E-state index contributed by atoms with van der Waals surface area (Å²) in [7, 11) is 1.84. The van der Waals surface area contributed by atoms with Gasteiger partial charge < -0.3 is 10.6 Å². The van der Waals surface area contributed by atoms with E-state index in [1.165, 1.54) is 6.33 Å². The molecule has 0 saturated carbocycles. The van der Waals surface area contributed by atoms with Crippen molar-refractivity contribution >= 4 is 22.5 Å². The summed E-state index contributed by atoms with van der Waals surface area (Å²) in [6, 6.07) is 21.9. The Hall–Kier alpha value is -3.80. The number of aryl methyl sites for hydroxylation is 2. The van der Waals surface area contributed by atoms with Crippen molar-refractivity contribution in [3.63, 3.8) is 0 Å². The second kappa shape index (κ2) is 9.56. The van der Waals surface area contributed by atoms with Gasteiger partial charge in [0.05, 0.1) is 12.1 Å². The van der Waals surface area contributed by atoms with Gasteiger partial charge in [0.1, 0.15) is 6.33 Å². The van der Waals surface area contributed by atoms with Crippen LogP contribution in [0.5, 0.6) is 0 Å². The van der Waals surface area contributed by atoms with Crippen molar-refractivity contribution in [3.05, 3.63) is 101 Å². The van der Waals surface area contributed by atoms with E-state index < -0.39 is 0 Å². The molecule has 0 aliphatic heterocycles. The van der Waals surface area contributed by atoms with Gasteiger partial charge in [-0.15, -0.1) is 0 Å². The van der Waals surface area contributed by atoms with E-state index in [9.17, 15) is 4.79 Å². The van der Waals surface area contributed by atoms with Crippen molar-refractivity contribution in [3.8, 4) is 0 Å². The molecule has 6 heteroatoms. The summed E-state index contributed by atoms with van der Waals surface area (Å²) in [6.45, 7) is 0.538. The lowest BCUT2D eigenvalue weighted by Gasteiger charge is -2.20. The highest BCUT2D eigenvalue weighted by atomic mass is 19.1. The molecule has 0 fully saturated rings. The van der Waals surface area contributed by atoms with Gasteiger partial charge in [-0.3, -0.25) is 4.79 Å². The second-order valence-electron chi connectivity index (χ2n) is 7.91. The average molecular weight is 429 g/mol. The molecule has 162 valence electrons. The lowest BCUT2D eigenvalue weighted by Crippen LogP contribution is -2.20. The maximum absolute atomic E-state index is 15.2. The minimum atomic E-state index is -0.388. The van der Waals surface area contributed by atoms with E-state index in [1.807, 2.05) is 54.4 Å². The first-order valence-electron chi connectivity index (χ1n) is 10.5. The number of benzene rings is 3. The maximum Gasteiger partial charge on any atom is 0.221 e. The standard InChI is InChI=1S/C26H25FN4O/c1-31(16-21-7-4-6-20-5-2-3-8-22(20)21)26-25(27)23(29-17-30-26)14-13-18-9-11-19(12-10-18)15-24(28)32/h2-12,17H,13-16H2,1H3,(H2,28,32). The fraction of sp³-hybridized carbons (Fsp3) is 0.192. The molecule has 5 nitrogen and oxygen atoms in total. The number of nitrogens with zero attached hydrogens (tertiary/aromatic N) is 3. The van der Waals surface area contributed by atoms with E-state index in [0.29, 0.717) is 30.9 Å². The molecular formula is C26H25FN4O. The molecule has 0 unspecified atom stereocenters. The molecule has 0 spiro atoms. The highest BCUT2D eigenvalue weighted by Crippen LogP contribution is 2.24. The monoisotopic (exact) mass is 428 g/mol. The van der Waals surface area contributed by atoms with Crippen LogP contribution >= 0.6 is 0 Å². The van der Waals surface area contributed by atoms with Crippen LogP contribution in [-0.2, 0) is 30.6 Å². The van der Waals surface area contributed by atoms with Gasteiger partial charge in [0, 0.05) is 13.6 Å². The lowest BCUT2D eigenvalue weighted by atomic mass is 10.0. The van der Waals surface area contributed by atoms with Crippen LogP contribution in [0, 0.1) is 5.82 Å². The van der Waals surface area contributed by atoms with Crippen molar-refractivity contribution in [2.45, 2.75) is 25.8 Å². The van der Waals surface area contributed by atoms with Gasteiger partial charge in [-0.25, -0.2) is 14.4 Å². The zero-order valence-corrected chi connectivity index (χ0v) is 18.0. The van der Waals surface area contributed by atoms with Crippen LogP contribution in [0.1, 0.15) is 22.4 Å². The molecule has 1 heterocycles. The summed E-state index contributed by atoms with van der Waals surface area (Å²) in [4.78, 5) is 21.2. The fourth-order valence-electron chi connectivity index (χ4n) is 3.88. The normalized spacial score (nSPS) is 10.9. The quantitative estimate of drug-likeness (QED) is 0.456. The maximum atomic E-state index is 15.2. The Balaban J connectivity index is 1.47. The van der Waals surface area contributed by atoms with Gasteiger partial charge in [0.2, 0.25) is 5.91 Å². The molecule has 0 radical (unpaired) electrons. The zero-order valence-electron chi connectivity index (χ0n) is 18.0.